The molecule has 0 radical (unpaired) electrons. The summed E-state index contributed by atoms with van der Waals surface area (Å²) in [5, 5.41) is 20.7. The molecule has 0 saturated carbocycles. The Morgan fingerprint density at radius 3 is 1.85 bits per heavy atom. The van der Waals surface area contributed by atoms with E-state index in [0.29, 0.717) is 42.1 Å². The zero-order chi connectivity index (χ0) is 29.4. The normalized spacial score (nSPS) is 14.3. The average molecular weight is 545 g/mol. The Labute approximate surface area is 239 Å². The molecular weight excluding hydrogens is 499 g/mol. The lowest BCUT2D eigenvalue weighted by Crippen LogP contribution is -2.33. The van der Waals surface area contributed by atoms with Crippen molar-refractivity contribution in [2.24, 2.45) is 15.9 Å². The Morgan fingerprint density at radius 1 is 0.800 bits per heavy atom. The molecule has 0 heterocycles. The van der Waals surface area contributed by atoms with Gasteiger partial charge in [0.1, 0.15) is 11.5 Å². The summed E-state index contributed by atoms with van der Waals surface area (Å²) < 4.78 is 16.1. The molecule has 3 rings (SSSR count). The minimum Gasteiger partial charge on any atom is -0.390 e. The van der Waals surface area contributed by atoms with Gasteiger partial charge in [0.25, 0.3) is 0 Å². The van der Waals surface area contributed by atoms with E-state index in [4.69, 9.17) is 0 Å². The van der Waals surface area contributed by atoms with E-state index in [-0.39, 0.29) is 11.6 Å². The second kappa shape index (κ2) is 14.5. The van der Waals surface area contributed by atoms with E-state index in [1.54, 1.807) is 0 Å². The fourth-order valence-corrected chi connectivity index (χ4v) is 5.53. The van der Waals surface area contributed by atoms with Gasteiger partial charge in [-0.3, -0.25) is 0 Å². The molecule has 0 aliphatic rings. The summed E-state index contributed by atoms with van der Waals surface area (Å²) in [4.78, 5) is 8.64. The number of amidine groups is 1. The third kappa shape index (κ3) is 7.13. The molecule has 0 fully saturated rings. The zero-order valence-electron chi connectivity index (χ0n) is 24.9. The van der Waals surface area contributed by atoms with Crippen LogP contribution >= 0.6 is 0 Å². The maximum atomic E-state index is 16.1. The maximum absolute atomic E-state index is 16.1. The molecule has 3 aromatic carbocycles. The van der Waals surface area contributed by atoms with Gasteiger partial charge in [-0.05, 0) is 85.0 Å². The quantitative estimate of drug-likeness (QED) is 0.177. The van der Waals surface area contributed by atoms with Gasteiger partial charge in [-0.1, -0.05) is 88.7 Å². The lowest BCUT2D eigenvalue weighted by atomic mass is 9.90. The summed E-state index contributed by atoms with van der Waals surface area (Å²) >= 11 is 0. The molecule has 0 bridgehead atoms. The number of rotatable bonds is 12. The first kappa shape index (κ1) is 31.4. The predicted octanol–water partition coefficient (Wildman–Crippen LogP) is 8.96. The molecular formula is C35H45FN2O2. The van der Waals surface area contributed by atoms with Crippen molar-refractivity contribution in [2.75, 3.05) is 0 Å². The summed E-state index contributed by atoms with van der Waals surface area (Å²) in [5.41, 5.74) is 6.64. The number of halogens is 1. The van der Waals surface area contributed by atoms with Gasteiger partial charge in [0.2, 0.25) is 0 Å². The Kier molecular flexibility index (Phi) is 11.4. The molecule has 0 aliphatic heterocycles. The monoisotopic (exact) mass is 544 g/mol. The highest BCUT2D eigenvalue weighted by Gasteiger charge is 2.26. The first-order valence-electron chi connectivity index (χ1n) is 14.6. The second-order valence-electron chi connectivity index (χ2n) is 10.8. The lowest BCUT2D eigenvalue weighted by Gasteiger charge is -2.25. The number of nitrogens with zero attached hydrogens (tertiary/aromatic N) is 2. The largest absolute Gasteiger partial charge is 0.390 e. The van der Waals surface area contributed by atoms with Gasteiger partial charge >= 0.3 is 0 Å². The van der Waals surface area contributed by atoms with E-state index < -0.39 is 18.0 Å². The van der Waals surface area contributed by atoms with E-state index in [9.17, 15) is 10.2 Å². The van der Waals surface area contributed by atoms with Gasteiger partial charge in [0.05, 0.1) is 12.2 Å². The Morgan fingerprint density at radius 2 is 1.35 bits per heavy atom. The standard InChI is InChI=1S/C35H45FN2O2/c1-8-24(9-2)26-12-14-27(15-13-26)28-16-18-29(19-17-28)32-22(5)20-23(6)34(33(32)36)38-31(37-7)21-25(10-3)35(40)30(39)11-4/h12-20,24-25,30,35,39-40H,7-11,21H2,1-6H3. The molecule has 40 heavy (non-hydrogen) atoms. The van der Waals surface area contributed by atoms with Crippen LogP contribution in [0.4, 0.5) is 10.1 Å². The molecule has 3 atom stereocenters. The van der Waals surface area contributed by atoms with Crippen molar-refractivity contribution < 1.29 is 14.6 Å². The number of aliphatic imine (C=N–C) groups is 2. The Balaban J connectivity index is 1.94. The maximum Gasteiger partial charge on any atom is 0.157 e. The van der Waals surface area contributed by atoms with Crippen LogP contribution in [0, 0.1) is 25.6 Å². The molecule has 214 valence electrons. The molecule has 0 aliphatic carbocycles. The number of hydrogen-bond donors (Lipinski definition) is 2. The van der Waals surface area contributed by atoms with Gasteiger partial charge in [-0.15, -0.1) is 0 Å². The summed E-state index contributed by atoms with van der Waals surface area (Å²) in [6, 6.07) is 18.7. The summed E-state index contributed by atoms with van der Waals surface area (Å²) in [7, 11) is 0. The van der Waals surface area contributed by atoms with Crippen molar-refractivity contribution in [3.63, 3.8) is 0 Å². The van der Waals surface area contributed by atoms with E-state index in [2.05, 4.69) is 54.8 Å². The predicted molar refractivity (Wildman–Crippen MR) is 167 cm³/mol. The average Bonchev–Trinajstić information content (AvgIpc) is 2.97. The zero-order valence-corrected chi connectivity index (χ0v) is 24.9. The van der Waals surface area contributed by atoms with Gasteiger partial charge in [0.15, 0.2) is 5.82 Å². The van der Waals surface area contributed by atoms with Gasteiger partial charge in [0, 0.05) is 12.0 Å². The van der Waals surface area contributed by atoms with E-state index in [0.717, 1.165) is 35.1 Å². The van der Waals surface area contributed by atoms with E-state index >= 15 is 4.39 Å². The van der Waals surface area contributed by atoms with Crippen molar-refractivity contribution in [1.29, 1.82) is 0 Å². The van der Waals surface area contributed by atoms with Crippen molar-refractivity contribution in [3.05, 3.63) is 77.1 Å². The van der Waals surface area contributed by atoms with Crippen LogP contribution in [-0.2, 0) is 0 Å². The topological polar surface area (TPSA) is 65.2 Å². The highest BCUT2D eigenvalue weighted by molar-refractivity contribution is 5.90. The SMILES string of the molecule is C=NC(CC(CC)C(O)C(O)CC)=Nc1c(C)cc(C)c(-c2ccc(-c3ccc(C(CC)CC)cc3)cc2)c1F. The number of aliphatic hydroxyl groups excluding tert-OH is 2. The lowest BCUT2D eigenvalue weighted by molar-refractivity contribution is -0.0179. The fourth-order valence-electron chi connectivity index (χ4n) is 5.53. The van der Waals surface area contributed by atoms with Crippen molar-refractivity contribution >= 4 is 18.2 Å². The van der Waals surface area contributed by atoms with Crippen LogP contribution in [0.25, 0.3) is 22.3 Å². The number of aliphatic hydroxyl groups is 2. The highest BCUT2D eigenvalue weighted by atomic mass is 19.1. The summed E-state index contributed by atoms with van der Waals surface area (Å²) in [5.74, 6) is 0.267. The molecule has 2 N–H and O–H groups in total. The number of hydrogen-bond acceptors (Lipinski definition) is 3. The van der Waals surface area contributed by atoms with Crippen LogP contribution in [0.1, 0.15) is 82.4 Å². The molecule has 0 aromatic heterocycles. The van der Waals surface area contributed by atoms with Crippen LogP contribution < -0.4 is 0 Å². The molecule has 0 saturated heterocycles. The van der Waals surface area contributed by atoms with E-state index in [1.807, 2.05) is 58.0 Å². The summed E-state index contributed by atoms with van der Waals surface area (Å²) in [6.45, 7) is 15.6. The van der Waals surface area contributed by atoms with Crippen LogP contribution in [-0.4, -0.2) is 35.0 Å². The first-order chi connectivity index (χ1) is 19.2. The van der Waals surface area contributed by atoms with Crippen molar-refractivity contribution in [1.82, 2.24) is 0 Å². The Hall–Kier alpha value is -3.15. The van der Waals surface area contributed by atoms with Crippen LogP contribution in [0.5, 0.6) is 0 Å². The minimum absolute atomic E-state index is 0.226. The highest BCUT2D eigenvalue weighted by Crippen LogP contribution is 2.37. The van der Waals surface area contributed by atoms with Crippen LogP contribution in [0.3, 0.4) is 0 Å². The molecule has 3 aromatic rings. The molecule has 0 amide bonds. The number of aryl methyl sites for hydroxylation is 2. The van der Waals surface area contributed by atoms with Crippen LogP contribution in [0.15, 0.2) is 64.6 Å². The van der Waals surface area contributed by atoms with Crippen LogP contribution in [0.2, 0.25) is 0 Å². The fraction of sp³-hybridized carbons (Fsp3) is 0.429. The second-order valence-corrected chi connectivity index (χ2v) is 10.8. The van der Waals surface area contributed by atoms with E-state index in [1.165, 1.54) is 5.56 Å². The molecule has 5 heteroatoms. The van der Waals surface area contributed by atoms with Gasteiger partial charge in [-0.2, -0.15) is 0 Å². The molecule has 3 unspecified atom stereocenters. The smallest absolute Gasteiger partial charge is 0.157 e. The Bertz CT molecular complexity index is 1290. The number of benzene rings is 3. The molecule has 4 nitrogen and oxygen atoms in total. The van der Waals surface area contributed by atoms with Crippen molar-refractivity contribution in [2.45, 2.75) is 91.8 Å². The third-order valence-electron chi connectivity index (χ3n) is 8.19. The summed E-state index contributed by atoms with van der Waals surface area (Å²) in [6.07, 6.45) is 1.90. The van der Waals surface area contributed by atoms with Gasteiger partial charge in [-0.25, -0.2) is 14.4 Å². The van der Waals surface area contributed by atoms with Crippen molar-refractivity contribution in [3.8, 4) is 22.3 Å². The first-order valence-corrected chi connectivity index (χ1v) is 14.6. The third-order valence-corrected chi connectivity index (χ3v) is 8.19. The van der Waals surface area contributed by atoms with Gasteiger partial charge < -0.3 is 10.2 Å². The molecule has 0 spiro atoms. The minimum atomic E-state index is -0.907.